The third-order valence-corrected chi connectivity index (χ3v) is 3.37. The lowest BCUT2D eigenvalue weighted by Gasteiger charge is -2.07. The van der Waals surface area contributed by atoms with Crippen LogP contribution in [0.4, 0.5) is 14.5 Å². The summed E-state index contributed by atoms with van der Waals surface area (Å²) in [6.45, 7) is 0. The van der Waals surface area contributed by atoms with Crippen LogP contribution in [0.2, 0.25) is 0 Å². The van der Waals surface area contributed by atoms with Crippen molar-refractivity contribution in [2.24, 2.45) is 0 Å². The van der Waals surface area contributed by atoms with Crippen molar-refractivity contribution in [1.29, 1.82) is 5.41 Å². The average molecular weight is 285 g/mol. The summed E-state index contributed by atoms with van der Waals surface area (Å²) in [6, 6.07) is 2.98. The third-order valence-electron chi connectivity index (χ3n) is 2.36. The molecule has 3 N–H and O–H groups in total. The Kier molecular flexibility index (Phi) is 3.79. The maximum absolute atomic E-state index is 12.9. The summed E-state index contributed by atoms with van der Waals surface area (Å²) in [5.74, 6) is -2.98. The Hall–Kier alpha value is -1.96. The second-order valence-electron chi connectivity index (χ2n) is 3.81. The van der Waals surface area contributed by atoms with Crippen LogP contribution in [-0.2, 0) is 9.59 Å². The molecule has 0 aromatic heterocycles. The van der Waals surface area contributed by atoms with E-state index in [2.05, 4.69) is 10.6 Å². The van der Waals surface area contributed by atoms with Crippen LogP contribution in [0.3, 0.4) is 0 Å². The van der Waals surface area contributed by atoms with E-state index in [9.17, 15) is 18.4 Å². The predicted octanol–water partition coefficient (Wildman–Crippen LogP) is 1.46. The lowest BCUT2D eigenvalue weighted by molar-refractivity contribution is -0.122. The van der Waals surface area contributed by atoms with Crippen molar-refractivity contribution < 1.29 is 18.4 Å². The first kappa shape index (κ1) is 13.5. The average Bonchev–Trinajstić information content (AvgIpc) is 2.62. The zero-order chi connectivity index (χ0) is 14.0. The molecule has 1 fully saturated rings. The summed E-state index contributed by atoms with van der Waals surface area (Å²) in [4.78, 5) is 22.9. The second-order valence-corrected chi connectivity index (χ2v) is 5.02. The predicted molar refractivity (Wildman–Crippen MR) is 66.9 cm³/mol. The molecule has 0 aliphatic carbocycles. The number of carbonyl (C=O) groups excluding carboxylic acids is 2. The number of amidine groups is 1. The first-order valence-corrected chi connectivity index (χ1v) is 6.14. The summed E-state index contributed by atoms with van der Waals surface area (Å²) in [5, 5.41) is 11.2. The van der Waals surface area contributed by atoms with E-state index in [-0.39, 0.29) is 17.3 Å². The van der Waals surface area contributed by atoms with Gasteiger partial charge in [-0.05, 0) is 12.1 Å². The summed E-state index contributed by atoms with van der Waals surface area (Å²) < 4.78 is 25.6. The molecule has 2 rings (SSSR count). The van der Waals surface area contributed by atoms with Crippen molar-refractivity contribution in [2.45, 2.75) is 11.7 Å². The van der Waals surface area contributed by atoms with E-state index >= 15 is 0 Å². The van der Waals surface area contributed by atoms with Gasteiger partial charge in [0.15, 0.2) is 16.8 Å². The van der Waals surface area contributed by atoms with Gasteiger partial charge in [-0.3, -0.25) is 15.0 Å². The minimum Gasteiger partial charge on any atom is -0.326 e. The molecule has 19 heavy (non-hydrogen) atoms. The number of hydrogen-bond acceptors (Lipinski definition) is 4. The Labute approximate surface area is 111 Å². The number of halogens is 2. The maximum Gasteiger partial charge on any atom is 0.240 e. The fraction of sp³-hybridized carbons (Fsp3) is 0.182. The van der Waals surface area contributed by atoms with E-state index in [0.29, 0.717) is 0 Å². The van der Waals surface area contributed by atoms with Gasteiger partial charge in [0.2, 0.25) is 11.8 Å². The van der Waals surface area contributed by atoms with Crippen LogP contribution >= 0.6 is 11.8 Å². The van der Waals surface area contributed by atoms with Gasteiger partial charge < -0.3 is 10.6 Å². The van der Waals surface area contributed by atoms with Gasteiger partial charge in [0, 0.05) is 18.2 Å². The lowest BCUT2D eigenvalue weighted by atomic mass is 10.2. The van der Waals surface area contributed by atoms with Crippen molar-refractivity contribution in [3.63, 3.8) is 0 Å². The SMILES string of the molecule is N=C1NC(=O)C(CC(=O)Nc2ccc(F)c(F)c2)S1. The molecule has 100 valence electrons. The van der Waals surface area contributed by atoms with E-state index < -0.39 is 28.7 Å². The van der Waals surface area contributed by atoms with Crippen LogP contribution in [0.15, 0.2) is 18.2 Å². The van der Waals surface area contributed by atoms with Gasteiger partial charge in [-0.2, -0.15) is 0 Å². The highest BCUT2D eigenvalue weighted by Gasteiger charge is 2.31. The van der Waals surface area contributed by atoms with Crippen molar-refractivity contribution in [2.75, 3.05) is 5.32 Å². The van der Waals surface area contributed by atoms with Crippen LogP contribution in [0.25, 0.3) is 0 Å². The van der Waals surface area contributed by atoms with Crippen molar-refractivity contribution in [3.05, 3.63) is 29.8 Å². The highest BCUT2D eigenvalue weighted by atomic mass is 32.2. The highest BCUT2D eigenvalue weighted by Crippen LogP contribution is 2.22. The van der Waals surface area contributed by atoms with Gasteiger partial charge in [0.25, 0.3) is 0 Å². The molecule has 1 heterocycles. The maximum atomic E-state index is 12.9. The van der Waals surface area contributed by atoms with E-state index in [1.807, 2.05) is 0 Å². The van der Waals surface area contributed by atoms with Gasteiger partial charge in [0.1, 0.15) is 5.25 Å². The van der Waals surface area contributed by atoms with Crippen LogP contribution in [0.5, 0.6) is 0 Å². The Morgan fingerprint density at radius 2 is 2.16 bits per heavy atom. The summed E-state index contributed by atoms with van der Waals surface area (Å²) >= 11 is 0.946. The summed E-state index contributed by atoms with van der Waals surface area (Å²) in [6.07, 6.45) is -0.141. The van der Waals surface area contributed by atoms with Gasteiger partial charge in [0.05, 0.1) is 0 Å². The van der Waals surface area contributed by atoms with E-state index in [1.165, 1.54) is 6.07 Å². The van der Waals surface area contributed by atoms with Crippen LogP contribution < -0.4 is 10.6 Å². The normalized spacial score (nSPS) is 18.3. The summed E-state index contributed by atoms with van der Waals surface area (Å²) in [5.41, 5.74) is 0.113. The van der Waals surface area contributed by atoms with E-state index in [1.54, 1.807) is 0 Å². The number of benzene rings is 1. The van der Waals surface area contributed by atoms with Gasteiger partial charge in [-0.25, -0.2) is 8.78 Å². The van der Waals surface area contributed by atoms with E-state index in [4.69, 9.17) is 5.41 Å². The van der Waals surface area contributed by atoms with Crippen LogP contribution in [0, 0.1) is 17.0 Å². The quantitative estimate of drug-likeness (QED) is 0.786. The van der Waals surface area contributed by atoms with Crippen LogP contribution in [0.1, 0.15) is 6.42 Å². The topological polar surface area (TPSA) is 82.1 Å². The smallest absolute Gasteiger partial charge is 0.240 e. The Balaban J connectivity index is 1.96. The molecule has 1 aliphatic rings. The zero-order valence-corrected chi connectivity index (χ0v) is 10.3. The standard InChI is InChI=1S/C11H9F2N3O2S/c12-6-2-1-5(3-7(6)13)15-9(17)4-8-10(18)16-11(14)19-8/h1-3,8H,4H2,(H,15,17)(H2,14,16,18). The molecule has 0 spiro atoms. The number of anilines is 1. The molecule has 1 atom stereocenters. The Morgan fingerprint density at radius 1 is 1.42 bits per heavy atom. The zero-order valence-electron chi connectivity index (χ0n) is 9.50. The van der Waals surface area contributed by atoms with Crippen molar-refractivity contribution >= 4 is 34.4 Å². The monoisotopic (exact) mass is 285 g/mol. The first-order valence-electron chi connectivity index (χ1n) is 5.26. The minimum absolute atomic E-state index is 0.00405. The summed E-state index contributed by atoms with van der Waals surface area (Å²) in [7, 11) is 0. The van der Waals surface area contributed by atoms with Gasteiger partial charge in [-0.1, -0.05) is 11.8 Å². The van der Waals surface area contributed by atoms with E-state index in [0.717, 1.165) is 23.9 Å². The first-order chi connectivity index (χ1) is 8.95. The molecule has 1 aromatic carbocycles. The number of amides is 2. The molecule has 0 saturated carbocycles. The number of carbonyl (C=O) groups is 2. The number of thioether (sulfide) groups is 1. The van der Waals surface area contributed by atoms with Crippen LogP contribution in [-0.4, -0.2) is 22.2 Å². The molecule has 1 aromatic rings. The number of nitrogens with one attached hydrogen (secondary N) is 3. The molecule has 0 bridgehead atoms. The Bertz CT molecular complexity index is 565. The molecule has 0 radical (unpaired) electrons. The van der Waals surface area contributed by atoms with Gasteiger partial charge in [-0.15, -0.1) is 0 Å². The van der Waals surface area contributed by atoms with Crippen molar-refractivity contribution in [1.82, 2.24) is 5.32 Å². The van der Waals surface area contributed by atoms with Crippen molar-refractivity contribution in [3.8, 4) is 0 Å². The largest absolute Gasteiger partial charge is 0.326 e. The van der Waals surface area contributed by atoms with Gasteiger partial charge >= 0.3 is 0 Å². The number of rotatable bonds is 3. The lowest BCUT2D eigenvalue weighted by Crippen LogP contribution is -2.27. The minimum atomic E-state index is -1.06. The molecule has 5 nitrogen and oxygen atoms in total. The molecule has 8 heteroatoms. The fourth-order valence-electron chi connectivity index (χ4n) is 1.51. The molecule has 2 amide bonds. The molecule has 1 unspecified atom stereocenters. The highest BCUT2D eigenvalue weighted by molar-refractivity contribution is 8.15. The molecular formula is C11H9F2N3O2S. The third kappa shape index (κ3) is 3.28. The second kappa shape index (κ2) is 5.35. The number of hydrogen-bond donors (Lipinski definition) is 3. The molecule has 1 aliphatic heterocycles. The Morgan fingerprint density at radius 3 is 2.74 bits per heavy atom. The fourth-order valence-corrected chi connectivity index (χ4v) is 2.35. The molecular weight excluding hydrogens is 276 g/mol. The molecule has 1 saturated heterocycles.